The average molecular weight is 348 g/mol. The molecule has 1 unspecified atom stereocenters. The number of aryl methyl sites for hydroxylation is 1. The average Bonchev–Trinajstić information content (AvgIpc) is 3.23. The number of halogens is 1. The quantitative estimate of drug-likeness (QED) is 0.862. The second-order valence-electron chi connectivity index (χ2n) is 6.47. The highest BCUT2D eigenvalue weighted by Gasteiger charge is 2.42. The Bertz CT molecular complexity index is 702. The fraction of sp³-hybridized carbons (Fsp3) is 0.421. The molecular weight excluding hydrogens is 326 g/mol. The van der Waals surface area contributed by atoms with E-state index < -0.39 is 11.5 Å². The first kappa shape index (κ1) is 17.1. The topological polar surface area (TPSA) is 62.5 Å². The molecule has 1 aromatic carbocycles. The van der Waals surface area contributed by atoms with Crippen LogP contribution in [0.1, 0.15) is 48.9 Å². The number of rotatable bonds is 5. The zero-order valence-corrected chi connectivity index (χ0v) is 14.5. The first-order chi connectivity index (χ1) is 11.5. The molecule has 4 nitrogen and oxygen atoms in total. The van der Waals surface area contributed by atoms with E-state index in [4.69, 9.17) is 16.0 Å². The number of aliphatic hydroxyl groups is 1. The highest BCUT2D eigenvalue weighted by Crippen LogP contribution is 2.41. The molecule has 24 heavy (non-hydrogen) atoms. The molecule has 0 saturated heterocycles. The number of nitrogens with one attached hydrogen (secondary N) is 1. The summed E-state index contributed by atoms with van der Waals surface area (Å²) in [5.74, 6) is 1.17. The molecule has 0 spiro atoms. The molecule has 1 aliphatic rings. The van der Waals surface area contributed by atoms with Gasteiger partial charge in [-0.3, -0.25) is 4.79 Å². The van der Waals surface area contributed by atoms with Crippen molar-refractivity contribution in [1.82, 2.24) is 5.32 Å². The Morgan fingerprint density at radius 1 is 1.25 bits per heavy atom. The Balaban J connectivity index is 1.72. The van der Waals surface area contributed by atoms with Crippen molar-refractivity contribution in [3.05, 3.63) is 58.5 Å². The number of hydrogen-bond acceptors (Lipinski definition) is 3. The number of furan rings is 1. The molecule has 1 aromatic heterocycles. The van der Waals surface area contributed by atoms with Crippen molar-refractivity contribution >= 4 is 17.5 Å². The molecule has 0 radical (unpaired) electrons. The fourth-order valence-electron chi connectivity index (χ4n) is 3.49. The smallest absolute Gasteiger partial charge is 0.230 e. The molecule has 1 atom stereocenters. The standard InChI is InChI=1S/C19H22ClNO3/c1-13-4-9-17(24-13)16(22)12-21-18(23)19(10-2-3-11-19)14-5-7-15(20)8-6-14/h4-9,16,22H,2-3,10-12H2,1H3,(H,21,23). The van der Waals surface area contributed by atoms with Crippen LogP contribution >= 0.6 is 11.6 Å². The summed E-state index contributed by atoms with van der Waals surface area (Å²) in [6.07, 6.45) is 2.84. The Hall–Kier alpha value is -1.78. The summed E-state index contributed by atoms with van der Waals surface area (Å²) >= 11 is 5.97. The number of carbonyl (C=O) groups excluding carboxylic acids is 1. The van der Waals surface area contributed by atoms with E-state index in [1.54, 1.807) is 12.1 Å². The Morgan fingerprint density at radius 2 is 1.92 bits per heavy atom. The molecule has 0 bridgehead atoms. The largest absolute Gasteiger partial charge is 0.464 e. The van der Waals surface area contributed by atoms with Gasteiger partial charge < -0.3 is 14.8 Å². The Kier molecular flexibility index (Phi) is 4.97. The number of hydrogen-bond donors (Lipinski definition) is 2. The fourth-order valence-corrected chi connectivity index (χ4v) is 3.61. The van der Waals surface area contributed by atoms with Crippen LogP contribution in [0.2, 0.25) is 5.02 Å². The lowest BCUT2D eigenvalue weighted by Gasteiger charge is -2.28. The lowest BCUT2D eigenvalue weighted by molar-refractivity contribution is -0.127. The van der Waals surface area contributed by atoms with Crippen molar-refractivity contribution in [2.75, 3.05) is 6.54 Å². The van der Waals surface area contributed by atoms with E-state index >= 15 is 0 Å². The Labute approximate surface area is 146 Å². The monoisotopic (exact) mass is 347 g/mol. The van der Waals surface area contributed by atoms with Crippen LogP contribution in [0.25, 0.3) is 0 Å². The maximum atomic E-state index is 12.9. The van der Waals surface area contributed by atoms with Gasteiger partial charge in [-0.2, -0.15) is 0 Å². The maximum Gasteiger partial charge on any atom is 0.230 e. The van der Waals surface area contributed by atoms with Crippen LogP contribution in [0.4, 0.5) is 0 Å². The Morgan fingerprint density at radius 3 is 2.50 bits per heavy atom. The zero-order chi connectivity index (χ0) is 17.2. The minimum atomic E-state index is -0.841. The van der Waals surface area contributed by atoms with Gasteiger partial charge in [0.2, 0.25) is 5.91 Å². The molecular formula is C19H22ClNO3. The normalized spacial score (nSPS) is 17.6. The van der Waals surface area contributed by atoms with Gasteiger partial charge in [0.1, 0.15) is 17.6 Å². The molecule has 3 rings (SSSR count). The second-order valence-corrected chi connectivity index (χ2v) is 6.91. The number of carbonyl (C=O) groups is 1. The van der Waals surface area contributed by atoms with Crippen molar-refractivity contribution in [1.29, 1.82) is 0 Å². The van der Waals surface area contributed by atoms with E-state index in [1.807, 2.05) is 31.2 Å². The van der Waals surface area contributed by atoms with Gasteiger partial charge in [-0.05, 0) is 49.6 Å². The van der Waals surface area contributed by atoms with Gasteiger partial charge in [-0.1, -0.05) is 36.6 Å². The van der Waals surface area contributed by atoms with Gasteiger partial charge in [-0.25, -0.2) is 0 Å². The van der Waals surface area contributed by atoms with Crippen LogP contribution in [0, 0.1) is 6.92 Å². The van der Waals surface area contributed by atoms with Crippen LogP contribution in [-0.4, -0.2) is 17.6 Å². The first-order valence-corrected chi connectivity index (χ1v) is 8.68. The molecule has 1 fully saturated rings. The van der Waals surface area contributed by atoms with Gasteiger partial charge in [0.05, 0.1) is 12.0 Å². The zero-order valence-electron chi connectivity index (χ0n) is 13.7. The molecule has 1 amide bonds. The summed E-state index contributed by atoms with van der Waals surface area (Å²) in [4.78, 5) is 12.9. The van der Waals surface area contributed by atoms with Crippen LogP contribution in [0.15, 0.2) is 40.8 Å². The molecule has 1 heterocycles. The van der Waals surface area contributed by atoms with Crippen LogP contribution in [0.5, 0.6) is 0 Å². The minimum Gasteiger partial charge on any atom is -0.464 e. The lowest BCUT2D eigenvalue weighted by atomic mass is 9.78. The first-order valence-electron chi connectivity index (χ1n) is 8.30. The summed E-state index contributed by atoms with van der Waals surface area (Å²) in [5.41, 5.74) is 0.467. The maximum absolute atomic E-state index is 12.9. The van der Waals surface area contributed by atoms with E-state index in [-0.39, 0.29) is 12.5 Å². The van der Waals surface area contributed by atoms with Crippen LogP contribution in [-0.2, 0) is 10.2 Å². The van der Waals surface area contributed by atoms with E-state index in [1.165, 1.54) is 0 Å². The van der Waals surface area contributed by atoms with E-state index in [2.05, 4.69) is 5.32 Å². The van der Waals surface area contributed by atoms with E-state index in [9.17, 15) is 9.90 Å². The van der Waals surface area contributed by atoms with Crippen molar-refractivity contribution in [2.45, 2.75) is 44.1 Å². The van der Waals surface area contributed by atoms with Gasteiger partial charge in [0.15, 0.2) is 0 Å². The number of benzene rings is 1. The molecule has 128 valence electrons. The third-order valence-corrected chi connectivity index (χ3v) is 5.09. The predicted molar refractivity (Wildman–Crippen MR) is 93.0 cm³/mol. The second kappa shape index (κ2) is 6.99. The SMILES string of the molecule is Cc1ccc(C(O)CNC(=O)C2(c3ccc(Cl)cc3)CCCC2)o1. The number of amides is 1. The van der Waals surface area contributed by atoms with Crippen molar-refractivity contribution in [2.24, 2.45) is 0 Å². The van der Waals surface area contributed by atoms with Crippen molar-refractivity contribution in [3.63, 3.8) is 0 Å². The van der Waals surface area contributed by atoms with Gasteiger partial charge >= 0.3 is 0 Å². The summed E-state index contributed by atoms with van der Waals surface area (Å²) in [6.45, 7) is 1.96. The lowest BCUT2D eigenvalue weighted by Crippen LogP contribution is -2.44. The van der Waals surface area contributed by atoms with E-state index in [0.29, 0.717) is 10.8 Å². The molecule has 1 aliphatic carbocycles. The predicted octanol–water partition coefficient (Wildman–Crippen LogP) is 3.90. The highest BCUT2D eigenvalue weighted by molar-refractivity contribution is 6.30. The van der Waals surface area contributed by atoms with Gasteiger partial charge in [0, 0.05) is 5.02 Å². The van der Waals surface area contributed by atoms with Crippen molar-refractivity contribution in [3.8, 4) is 0 Å². The summed E-state index contributed by atoms with van der Waals surface area (Å²) in [5, 5.41) is 13.8. The molecule has 1 saturated carbocycles. The van der Waals surface area contributed by atoms with Crippen LogP contribution < -0.4 is 5.32 Å². The highest BCUT2D eigenvalue weighted by atomic mass is 35.5. The summed E-state index contributed by atoms with van der Waals surface area (Å²) in [7, 11) is 0. The minimum absolute atomic E-state index is 0.0374. The molecule has 5 heteroatoms. The van der Waals surface area contributed by atoms with Crippen LogP contribution in [0.3, 0.4) is 0 Å². The van der Waals surface area contributed by atoms with Gasteiger partial charge in [0.25, 0.3) is 0 Å². The van der Waals surface area contributed by atoms with Gasteiger partial charge in [-0.15, -0.1) is 0 Å². The molecule has 2 N–H and O–H groups in total. The summed E-state index contributed by atoms with van der Waals surface area (Å²) < 4.78 is 5.41. The van der Waals surface area contributed by atoms with Crippen molar-refractivity contribution < 1.29 is 14.3 Å². The number of aliphatic hydroxyl groups excluding tert-OH is 1. The summed E-state index contributed by atoms with van der Waals surface area (Å²) in [6, 6.07) is 11.0. The van der Waals surface area contributed by atoms with E-state index in [0.717, 1.165) is 37.0 Å². The molecule has 0 aliphatic heterocycles. The third-order valence-electron chi connectivity index (χ3n) is 4.83. The third kappa shape index (κ3) is 3.35. The molecule has 2 aromatic rings.